The van der Waals surface area contributed by atoms with Crippen LogP contribution in [0.4, 0.5) is 0 Å². The molecule has 0 amide bonds. The minimum absolute atomic E-state index is 0.330. The van der Waals surface area contributed by atoms with E-state index in [4.69, 9.17) is 10.4 Å². The summed E-state index contributed by atoms with van der Waals surface area (Å²) in [4.78, 5) is 8.45. The van der Waals surface area contributed by atoms with E-state index in [2.05, 4.69) is 34.3 Å². The van der Waals surface area contributed by atoms with Gasteiger partial charge in [0.25, 0.3) is 0 Å². The van der Waals surface area contributed by atoms with Crippen molar-refractivity contribution in [1.82, 2.24) is 5.06 Å². The van der Waals surface area contributed by atoms with Crippen molar-refractivity contribution in [2.75, 3.05) is 13.2 Å². The Balaban J connectivity index is 1.97. The maximum absolute atomic E-state index is 8.29. The van der Waals surface area contributed by atoms with Crippen molar-refractivity contribution in [2.45, 2.75) is 13.1 Å². The quantitative estimate of drug-likeness (QED) is 0.242. The van der Waals surface area contributed by atoms with Gasteiger partial charge < -0.3 is 0 Å². The first kappa shape index (κ1) is 15.1. The fraction of sp³-hybridized carbons (Fsp3) is 0.250. The van der Waals surface area contributed by atoms with Gasteiger partial charge in [0.2, 0.25) is 0 Å². The first-order valence-electron chi connectivity index (χ1n) is 6.85. The lowest BCUT2D eigenvalue weighted by molar-refractivity contribution is -0.171. The number of nitrogens with zero attached hydrogens (tertiary/aromatic N) is 4. The van der Waals surface area contributed by atoms with Crippen LogP contribution in [-0.4, -0.2) is 18.2 Å². The molecule has 0 radical (unpaired) electrons. The highest BCUT2D eigenvalue weighted by Crippen LogP contribution is 2.10. The fourth-order valence-corrected chi connectivity index (χ4v) is 1.98. The lowest BCUT2D eigenvalue weighted by Gasteiger charge is -2.21. The van der Waals surface area contributed by atoms with E-state index in [0.29, 0.717) is 26.2 Å². The Hall–Kier alpha value is -2.33. The van der Waals surface area contributed by atoms with Crippen molar-refractivity contribution in [3.63, 3.8) is 0 Å². The Kier molecular flexibility index (Phi) is 6.29. The molecule has 5 heteroatoms. The van der Waals surface area contributed by atoms with Crippen LogP contribution >= 0.6 is 0 Å². The standard InChI is InChI=1S/C16H18N4O/c17-19-18-11-12-21-20(13-15-7-3-1-4-8-15)14-16-9-5-2-6-10-16/h1-10H,11-14H2. The van der Waals surface area contributed by atoms with Crippen molar-refractivity contribution < 1.29 is 4.84 Å². The van der Waals surface area contributed by atoms with Gasteiger partial charge in [-0.3, -0.25) is 4.84 Å². The summed E-state index contributed by atoms with van der Waals surface area (Å²) in [6.45, 7) is 2.08. The van der Waals surface area contributed by atoms with E-state index in [0.717, 1.165) is 0 Å². The van der Waals surface area contributed by atoms with Gasteiger partial charge in [-0.1, -0.05) is 65.8 Å². The molecule has 0 saturated heterocycles. The van der Waals surface area contributed by atoms with E-state index in [1.54, 1.807) is 0 Å². The van der Waals surface area contributed by atoms with Gasteiger partial charge >= 0.3 is 0 Å². The minimum Gasteiger partial charge on any atom is -0.298 e. The van der Waals surface area contributed by atoms with Gasteiger partial charge in [0, 0.05) is 18.0 Å². The van der Waals surface area contributed by atoms with Crippen LogP contribution in [-0.2, 0) is 17.9 Å². The molecule has 0 bridgehead atoms. The van der Waals surface area contributed by atoms with Gasteiger partial charge in [-0.05, 0) is 16.7 Å². The van der Waals surface area contributed by atoms with Gasteiger partial charge in [-0.25, -0.2) is 0 Å². The molecule has 0 N–H and O–H groups in total. The molecular weight excluding hydrogens is 264 g/mol. The third kappa shape index (κ3) is 5.67. The molecule has 2 aromatic carbocycles. The van der Waals surface area contributed by atoms with Crippen molar-refractivity contribution in [3.8, 4) is 0 Å². The summed E-state index contributed by atoms with van der Waals surface area (Å²) in [5.74, 6) is 0. The first-order chi connectivity index (χ1) is 10.4. The molecule has 5 nitrogen and oxygen atoms in total. The average Bonchev–Trinajstić information content (AvgIpc) is 2.53. The molecule has 2 aromatic rings. The second-order valence-corrected chi connectivity index (χ2v) is 4.56. The monoisotopic (exact) mass is 282 g/mol. The Bertz CT molecular complexity index is 526. The van der Waals surface area contributed by atoms with Crippen LogP contribution in [0.1, 0.15) is 11.1 Å². The molecule has 0 unspecified atom stereocenters. The highest BCUT2D eigenvalue weighted by molar-refractivity contribution is 5.16. The Labute approximate surface area is 124 Å². The van der Waals surface area contributed by atoms with Crippen LogP contribution < -0.4 is 0 Å². The van der Waals surface area contributed by atoms with E-state index in [-0.39, 0.29) is 0 Å². The third-order valence-electron chi connectivity index (χ3n) is 2.93. The highest BCUT2D eigenvalue weighted by Gasteiger charge is 2.07. The molecule has 0 aliphatic heterocycles. The Morgan fingerprint density at radius 3 is 1.90 bits per heavy atom. The summed E-state index contributed by atoms with van der Waals surface area (Å²) in [7, 11) is 0. The minimum atomic E-state index is 0.330. The predicted molar refractivity (Wildman–Crippen MR) is 82.1 cm³/mol. The van der Waals surface area contributed by atoms with E-state index >= 15 is 0 Å². The van der Waals surface area contributed by atoms with E-state index in [1.807, 2.05) is 41.5 Å². The Morgan fingerprint density at radius 1 is 0.905 bits per heavy atom. The van der Waals surface area contributed by atoms with Crippen LogP contribution in [0, 0.1) is 0 Å². The van der Waals surface area contributed by atoms with Crippen LogP contribution in [0.5, 0.6) is 0 Å². The number of rotatable bonds is 8. The fourth-order valence-electron chi connectivity index (χ4n) is 1.98. The number of hydrogen-bond acceptors (Lipinski definition) is 3. The smallest absolute Gasteiger partial charge is 0.0741 e. The highest BCUT2D eigenvalue weighted by atomic mass is 16.7. The summed E-state index contributed by atoms with van der Waals surface area (Å²) < 4.78 is 0. The maximum Gasteiger partial charge on any atom is 0.0741 e. The van der Waals surface area contributed by atoms with E-state index in [9.17, 15) is 0 Å². The molecule has 108 valence electrons. The molecule has 0 aliphatic rings. The molecule has 0 aromatic heterocycles. The summed E-state index contributed by atoms with van der Waals surface area (Å²) in [6, 6.07) is 20.3. The normalized spacial score (nSPS) is 10.3. The number of hydroxylamine groups is 2. The number of hydrogen-bond donors (Lipinski definition) is 0. The van der Waals surface area contributed by atoms with Crippen molar-refractivity contribution in [2.24, 2.45) is 5.11 Å². The molecule has 0 fully saturated rings. The zero-order valence-corrected chi connectivity index (χ0v) is 11.8. The van der Waals surface area contributed by atoms with E-state index < -0.39 is 0 Å². The lowest BCUT2D eigenvalue weighted by atomic mass is 10.2. The summed E-state index contributed by atoms with van der Waals surface area (Å²) in [6.07, 6.45) is 0. The molecule has 0 heterocycles. The van der Waals surface area contributed by atoms with Crippen LogP contribution in [0.3, 0.4) is 0 Å². The van der Waals surface area contributed by atoms with Crippen molar-refractivity contribution >= 4 is 0 Å². The van der Waals surface area contributed by atoms with Gasteiger partial charge in [-0.15, -0.1) is 0 Å². The van der Waals surface area contributed by atoms with Crippen molar-refractivity contribution in [3.05, 3.63) is 82.2 Å². The van der Waals surface area contributed by atoms with Gasteiger partial charge in [0.05, 0.1) is 13.2 Å². The molecule has 2 rings (SSSR count). The van der Waals surface area contributed by atoms with Crippen LogP contribution in [0.2, 0.25) is 0 Å². The van der Waals surface area contributed by atoms with Gasteiger partial charge in [0.15, 0.2) is 0 Å². The van der Waals surface area contributed by atoms with Crippen molar-refractivity contribution in [1.29, 1.82) is 0 Å². The summed E-state index contributed by atoms with van der Waals surface area (Å²) in [5, 5.41) is 5.37. The second-order valence-electron chi connectivity index (χ2n) is 4.56. The summed E-state index contributed by atoms with van der Waals surface area (Å²) in [5.41, 5.74) is 10.6. The van der Waals surface area contributed by atoms with Gasteiger partial charge in [0.1, 0.15) is 0 Å². The third-order valence-corrected chi connectivity index (χ3v) is 2.93. The number of benzene rings is 2. The lowest BCUT2D eigenvalue weighted by Crippen LogP contribution is -2.24. The molecule has 0 aliphatic carbocycles. The van der Waals surface area contributed by atoms with Crippen LogP contribution in [0.25, 0.3) is 10.4 Å². The largest absolute Gasteiger partial charge is 0.298 e. The average molecular weight is 282 g/mol. The SMILES string of the molecule is [N-]=[N+]=NCCON(Cc1ccccc1)Cc1ccccc1. The predicted octanol–water partition coefficient (Wildman–Crippen LogP) is 3.93. The topological polar surface area (TPSA) is 61.2 Å². The first-order valence-corrected chi connectivity index (χ1v) is 6.85. The zero-order valence-electron chi connectivity index (χ0n) is 11.8. The molecule has 0 spiro atoms. The maximum atomic E-state index is 8.29. The zero-order chi connectivity index (χ0) is 14.8. The number of azide groups is 1. The second kappa shape index (κ2) is 8.76. The molecule has 0 saturated carbocycles. The Morgan fingerprint density at radius 2 is 1.43 bits per heavy atom. The molecular formula is C16H18N4O. The summed E-state index contributed by atoms with van der Waals surface area (Å²) >= 11 is 0. The molecule has 21 heavy (non-hydrogen) atoms. The van der Waals surface area contributed by atoms with E-state index in [1.165, 1.54) is 11.1 Å². The van der Waals surface area contributed by atoms with Crippen LogP contribution in [0.15, 0.2) is 65.8 Å². The molecule has 0 atom stereocenters. The van der Waals surface area contributed by atoms with Gasteiger partial charge in [-0.2, -0.15) is 5.06 Å².